The van der Waals surface area contributed by atoms with Crippen LogP contribution in [0.2, 0.25) is 5.02 Å². The second-order valence-corrected chi connectivity index (χ2v) is 9.83. The highest BCUT2D eigenvalue weighted by molar-refractivity contribution is 7.17. The number of carbonyl (C=O) groups excluding carboxylic acids is 1. The van der Waals surface area contributed by atoms with Crippen LogP contribution in [0.4, 0.5) is 0 Å². The molecule has 4 aromatic rings. The van der Waals surface area contributed by atoms with Crippen LogP contribution in [0.5, 0.6) is 11.6 Å². The Morgan fingerprint density at radius 2 is 2.05 bits per heavy atom. The van der Waals surface area contributed by atoms with Gasteiger partial charge in [0.05, 0.1) is 16.5 Å². The lowest BCUT2D eigenvalue weighted by atomic mass is 10.0. The average molecular weight is 558 g/mol. The van der Waals surface area contributed by atoms with Crippen LogP contribution in [0, 0.1) is 0 Å². The Bertz CT molecular complexity index is 1500. The predicted molar refractivity (Wildman–Crippen MR) is 137 cm³/mol. The summed E-state index contributed by atoms with van der Waals surface area (Å²) in [6.45, 7) is -0.581. The molecule has 0 saturated carbocycles. The van der Waals surface area contributed by atoms with Crippen LogP contribution in [-0.2, 0) is 9.47 Å². The fraction of sp³-hybridized carbons (Fsp3) is 0.208. The fourth-order valence-corrected chi connectivity index (χ4v) is 5.44. The molecular formula is C24H17Cl2N5O5S. The van der Waals surface area contributed by atoms with E-state index < -0.39 is 35.9 Å². The van der Waals surface area contributed by atoms with Crippen molar-refractivity contribution in [1.82, 2.24) is 9.97 Å². The van der Waals surface area contributed by atoms with E-state index in [1.165, 1.54) is 29.8 Å². The van der Waals surface area contributed by atoms with Crippen LogP contribution in [0.25, 0.3) is 20.7 Å². The van der Waals surface area contributed by atoms with E-state index >= 15 is 0 Å². The highest BCUT2D eigenvalue weighted by atomic mass is 35.5. The lowest BCUT2D eigenvalue weighted by Crippen LogP contribution is -2.44. The molecule has 2 aromatic heterocycles. The number of thiophene rings is 1. The van der Waals surface area contributed by atoms with Gasteiger partial charge in [-0.2, -0.15) is 0 Å². The Morgan fingerprint density at radius 1 is 1.24 bits per heavy atom. The number of hydrogen-bond donors (Lipinski definition) is 1. The zero-order chi connectivity index (χ0) is 26.0. The normalized spacial score (nSPS) is 22.9. The fourth-order valence-electron chi connectivity index (χ4n) is 3.90. The summed E-state index contributed by atoms with van der Waals surface area (Å²) in [6, 6.07) is 15.3. The number of aliphatic hydroxyl groups is 1. The number of rotatable bonds is 7. The first-order valence-electron chi connectivity index (χ1n) is 10.9. The number of nitrogens with zero attached hydrogens (tertiary/aromatic N) is 5. The van der Waals surface area contributed by atoms with E-state index in [1.807, 2.05) is 18.2 Å². The van der Waals surface area contributed by atoms with Gasteiger partial charge in [-0.1, -0.05) is 41.0 Å². The number of aliphatic hydroxyl groups excluding tert-OH is 1. The molecule has 4 atom stereocenters. The lowest BCUT2D eigenvalue weighted by Gasteiger charge is -2.26. The summed E-state index contributed by atoms with van der Waals surface area (Å²) in [5.41, 5.74) is 8.46. The summed E-state index contributed by atoms with van der Waals surface area (Å²) < 4.78 is 17.9. The van der Waals surface area contributed by atoms with E-state index in [4.69, 9.17) is 37.4 Å². The number of benzene rings is 2. The number of carbonyl (C=O) groups is 1. The predicted octanol–water partition coefficient (Wildman–Crippen LogP) is 6.04. The Balaban J connectivity index is 1.42. The molecule has 0 radical (unpaired) electrons. The monoisotopic (exact) mass is 557 g/mol. The van der Waals surface area contributed by atoms with E-state index in [0.717, 1.165) is 0 Å². The van der Waals surface area contributed by atoms with Crippen molar-refractivity contribution in [3.63, 3.8) is 0 Å². The van der Waals surface area contributed by atoms with E-state index in [1.54, 1.807) is 29.6 Å². The van der Waals surface area contributed by atoms with Gasteiger partial charge in [-0.05, 0) is 41.2 Å². The van der Waals surface area contributed by atoms with Gasteiger partial charge in [-0.25, -0.2) is 14.8 Å². The summed E-state index contributed by atoms with van der Waals surface area (Å²) in [5.74, 6) is 0.204. The molecule has 1 aliphatic heterocycles. The van der Waals surface area contributed by atoms with E-state index in [9.17, 15) is 15.4 Å². The molecule has 10 nitrogen and oxygen atoms in total. The van der Waals surface area contributed by atoms with Crippen LogP contribution in [0.1, 0.15) is 22.0 Å². The summed E-state index contributed by atoms with van der Waals surface area (Å²) >= 11 is 13.8. The molecule has 13 heteroatoms. The largest absolute Gasteiger partial charge is 0.459 e. The van der Waals surface area contributed by atoms with Crippen molar-refractivity contribution in [2.75, 3.05) is 6.61 Å². The standard InChI is InChI=1S/C24H17Cl2N5O5S/c25-14-6-4-5-13(9-14)23(33)34-11-24(30-31-27)21(32)17(26)19(36-24)16-10-37-20-18(16)28-12-29-22(20)35-15-7-2-1-3-8-15/h1-10,12,17,19,21,32H,11H2/t17-,19-,21-,24?/m0/s1. The van der Waals surface area contributed by atoms with Gasteiger partial charge in [-0.3, -0.25) is 0 Å². The van der Waals surface area contributed by atoms with Crippen LogP contribution in [0.15, 0.2) is 71.4 Å². The van der Waals surface area contributed by atoms with Crippen LogP contribution >= 0.6 is 34.5 Å². The molecule has 1 fully saturated rings. The number of halogens is 2. The maximum atomic E-state index is 12.5. The average Bonchev–Trinajstić information content (AvgIpc) is 3.44. The number of aromatic nitrogens is 2. The topological polar surface area (TPSA) is 140 Å². The second kappa shape index (κ2) is 10.5. The second-order valence-electron chi connectivity index (χ2n) is 8.01. The molecule has 5 rings (SSSR count). The molecule has 3 heterocycles. The van der Waals surface area contributed by atoms with E-state index in [-0.39, 0.29) is 5.56 Å². The maximum absolute atomic E-state index is 12.5. The van der Waals surface area contributed by atoms with Gasteiger partial charge in [0.25, 0.3) is 0 Å². The highest BCUT2D eigenvalue weighted by Gasteiger charge is 2.56. The highest BCUT2D eigenvalue weighted by Crippen LogP contribution is 2.47. The van der Waals surface area contributed by atoms with Crippen molar-refractivity contribution in [3.05, 3.63) is 92.9 Å². The molecular weight excluding hydrogens is 541 g/mol. The molecule has 2 aromatic carbocycles. The molecule has 1 aliphatic rings. The summed E-state index contributed by atoms with van der Waals surface area (Å²) in [5, 5.41) is 15.7. The van der Waals surface area contributed by atoms with Crippen molar-refractivity contribution in [2.24, 2.45) is 5.11 Å². The number of hydrogen-bond acceptors (Lipinski definition) is 9. The van der Waals surface area contributed by atoms with Gasteiger partial charge >= 0.3 is 5.97 Å². The first kappa shape index (κ1) is 25.2. The third kappa shape index (κ3) is 4.93. The molecule has 1 N–H and O–H groups in total. The zero-order valence-electron chi connectivity index (χ0n) is 18.8. The molecule has 0 bridgehead atoms. The summed E-state index contributed by atoms with van der Waals surface area (Å²) in [6.07, 6.45) is -1.10. The van der Waals surface area contributed by atoms with Crippen LogP contribution < -0.4 is 4.74 Å². The van der Waals surface area contributed by atoms with Gasteiger partial charge in [0, 0.05) is 15.5 Å². The molecule has 1 saturated heterocycles. The molecule has 0 aliphatic carbocycles. The number of alkyl halides is 1. The van der Waals surface area contributed by atoms with Gasteiger partial charge in [0.15, 0.2) is 0 Å². The Hall–Kier alpha value is -3.44. The number of esters is 1. The molecule has 0 spiro atoms. The van der Waals surface area contributed by atoms with Gasteiger partial charge in [-0.15, -0.1) is 22.9 Å². The third-order valence-electron chi connectivity index (χ3n) is 5.68. The van der Waals surface area contributed by atoms with Crippen molar-refractivity contribution < 1.29 is 24.1 Å². The van der Waals surface area contributed by atoms with Gasteiger partial charge in [0.1, 0.15) is 35.6 Å². The lowest BCUT2D eigenvalue weighted by molar-refractivity contribution is -0.110. The Labute approximate surface area is 224 Å². The van der Waals surface area contributed by atoms with E-state index in [2.05, 4.69) is 20.0 Å². The minimum absolute atomic E-state index is 0.182. The summed E-state index contributed by atoms with van der Waals surface area (Å²) in [7, 11) is 0. The van der Waals surface area contributed by atoms with Crippen molar-refractivity contribution in [3.8, 4) is 11.6 Å². The Kier molecular flexibility index (Phi) is 7.16. The third-order valence-corrected chi connectivity index (χ3v) is 7.36. The van der Waals surface area contributed by atoms with Crippen molar-refractivity contribution >= 4 is 50.7 Å². The minimum atomic E-state index is -1.97. The smallest absolute Gasteiger partial charge is 0.338 e. The van der Waals surface area contributed by atoms with Crippen molar-refractivity contribution in [1.29, 1.82) is 0 Å². The molecule has 37 heavy (non-hydrogen) atoms. The van der Waals surface area contributed by atoms with E-state index in [0.29, 0.717) is 32.4 Å². The quantitative estimate of drug-likeness (QED) is 0.0959. The molecule has 0 amide bonds. The number of ether oxygens (including phenoxy) is 3. The molecule has 188 valence electrons. The molecule has 1 unspecified atom stereocenters. The number of azide groups is 1. The zero-order valence-corrected chi connectivity index (χ0v) is 21.1. The summed E-state index contributed by atoms with van der Waals surface area (Å²) in [4.78, 5) is 23.9. The van der Waals surface area contributed by atoms with Crippen molar-refractivity contribution in [2.45, 2.75) is 23.3 Å². The minimum Gasteiger partial charge on any atom is -0.459 e. The van der Waals surface area contributed by atoms with Crippen LogP contribution in [-0.4, -0.2) is 44.9 Å². The maximum Gasteiger partial charge on any atom is 0.338 e. The first-order valence-corrected chi connectivity index (χ1v) is 12.5. The van der Waals surface area contributed by atoms with Gasteiger partial charge < -0.3 is 19.3 Å². The van der Waals surface area contributed by atoms with Crippen LogP contribution in [0.3, 0.4) is 0 Å². The number of fused-ring (bicyclic) bond motifs is 1. The van der Waals surface area contributed by atoms with Gasteiger partial charge in [0.2, 0.25) is 11.6 Å². The first-order chi connectivity index (χ1) is 17.9. The Morgan fingerprint density at radius 3 is 2.81 bits per heavy atom. The number of para-hydroxylation sites is 1. The SMILES string of the molecule is [N-]=[N+]=NC1(COC(=O)c2cccc(Cl)c2)O[C@@H](c2csc3c(Oc4ccccc4)ncnc23)[C@H](Cl)[C@@H]1O.